The number of nitrogens with one attached hydrogen (secondary N) is 1. The molecule has 6 nitrogen and oxygen atoms in total. The maximum Gasteiger partial charge on any atom is 0.255 e. The number of anilines is 1. The van der Waals surface area contributed by atoms with Gasteiger partial charge in [-0.25, -0.2) is 0 Å². The topological polar surface area (TPSA) is 65.4 Å². The zero-order valence-electron chi connectivity index (χ0n) is 19.3. The molecule has 1 N–H and O–H groups in total. The lowest BCUT2D eigenvalue weighted by atomic mass is 10.1. The quantitative estimate of drug-likeness (QED) is 0.303. The first-order valence-corrected chi connectivity index (χ1v) is 11.7. The molecule has 0 bridgehead atoms. The van der Waals surface area contributed by atoms with E-state index in [0.29, 0.717) is 18.7 Å². The Morgan fingerprint density at radius 1 is 0.971 bits per heavy atom. The van der Waals surface area contributed by atoms with E-state index in [1.165, 1.54) is 0 Å². The lowest BCUT2D eigenvalue weighted by Gasteiger charge is -2.10. The summed E-state index contributed by atoms with van der Waals surface area (Å²) in [5.74, 6) is 1.38. The normalized spacial score (nSPS) is 10.7. The highest BCUT2D eigenvalue weighted by atomic mass is 79.9. The SMILES string of the molecule is COc1cccc(Cn2nc(C)c(NC(=O)c3cccc(COc4cccc(Br)c4)c3)c2C)c1. The van der Waals surface area contributed by atoms with Crippen LogP contribution in [0.1, 0.15) is 32.9 Å². The van der Waals surface area contributed by atoms with Crippen LogP contribution in [0.2, 0.25) is 0 Å². The molecule has 0 aliphatic heterocycles. The van der Waals surface area contributed by atoms with Crippen molar-refractivity contribution in [1.82, 2.24) is 9.78 Å². The largest absolute Gasteiger partial charge is 0.497 e. The predicted molar refractivity (Wildman–Crippen MR) is 137 cm³/mol. The molecule has 0 aliphatic rings. The number of methoxy groups -OCH3 is 1. The molecule has 34 heavy (non-hydrogen) atoms. The number of hydrogen-bond acceptors (Lipinski definition) is 4. The Balaban J connectivity index is 1.45. The van der Waals surface area contributed by atoms with Gasteiger partial charge in [-0.1, -0.05) is 46.3 Å². The van der Waals surface area contributed by atoms with Crippen molar-refractivity contribution in [3.8, 4) is 11.5 Å². The number of benzene rings is 3. The first-order chi connectivity index (χ1) is 16.4. The number of ether oxygens (including phenoxy) is 2. The van der Waals surface area contributed by atoms with Crippen molar-refractivity contribution in [3.05, 3.63) is 105 Å². The Morgan fingerprint density at radius 2 is 1.71 bits per heavy atom. The van der Waals surface area contributed by atoms with Crippen LogP contribution in [-0.4, -0.2) is 22.8 Å². The van der Waals surface area contributed by atoms with Crippen LogP contribution >= 0.6 is 15.9 Å². The van der Waals surface area contributed by atoms with Crippen LogP contribution in [0.3, 0.4) is 0 Å². The minimum atomic E-state index is -0.184. The highest BCUT2D eigenvalue weighted by Crippen LogP contribution is 2.23. The van der Waals surface area contributed by atoms with Crippen LogP contribution in [0.5, 0.6) is 11.5 Å². The fourth-order valence-corrected chi connectivity index (χ4v) is 4.07. The molecule has 1 heterocycles. The summed E-state index contributed by atoms with van der Waals surface area (Å²) in [6.07, 6.45) is 0. The third-order valence-electron chi connectivity index (χ3n) is 5.48. The molecule has 0 atom stereocenters. The molecule has 1 aromatic heterocycles. The summed E-state index contributed by atoms with van der Waals surface area (Å²) in [6.45, 7) is 4.81. The lowest BCUT2D eigenvalue weighted by molar-refractivity contribution is 0.102. The Morgan fingerprint density at radius 3 is 2.50 bits per heavy atom. The summed E-state index contributed by atoms with van der Waals surface area (Å²) in [5.41, 5.74) is 4.93. The zero-order valence-corrected chi connectivity index (χ0v) is 20.9. The first-order valence-electron chi connectivity index (χ1n) is 10.9. The molecule has 0 saturated heterocycles. The summed E-state index contributed by atoms with van der Waals surface area (Å²) in [7, 11) is 1.65. The molecule has 0 unspecified atom stereocenters. The molecule has 0 saturated carbocycles. The molecule has 0 radical (unpaired) electrons. The fraction of sp³-hybridized carbons (Fsp3) is 0.185. The second-order valence-electron chi connectivity index (χ2n) is 7.96. The fourth-order valence-electron chi connectivity index (χ4n) is 3.69. The Hall–Kier alpha value is -3.58. The van der Waals surface area contributed by atoms with Crippen LogP contribution in [-0.2, 0) is 13.2 Å². The Kier molecular flexibility index (Phi) is 7.33. The minimum Gasteiger partial charge on any atom is -0.497 e. The van der Waals surface area contributed by atoms with E-state index < -0.39 is 0 Å². The average molecular weight is 520 g/mol. The molecule has 0 spiro atoms. The number of amides is 1. The highest BCUT2D eigenvalue weighted by Gasteiger charge is 2.16. The third-order valence-corrected chi connectivity index (χ3v) is 5.97. The van der Waals surface area contributed by atoms with Crippen molar-refractivity contribution in [2.75, 3.05) is 12.4 Å². The third kappa shape index (κ3) is 5.66. The van der Waals surface area contributed by atoms with Gasteiger partial charge in [0.1, 0.15) is 18.1 Å². The van der Waals surface area contributed by atoms with Gasteiger partial charge < -0.3 is 14.8 Å². The van der Waals surface area contributed by atoms with E-state index in [1.807, 2.05) is 85.3 Å². The molecular formula is C27H26BrN3O3. The van der Waals surface area contributed by atoms with Gasteiger partial charge in [0, 0.05) is 10.0 Å². The standard InChI is InChI=1S/C27H26BrN3O3/c1-18-26(19(2)31(30-18)16-20-7-5-11-24(14-20)33-3)29-27(32)22-9-4-8-21(13-22)17-34-25-12-6-10-23(28)15-25/h4-15H,16-17H2,1-3H3,(H,29,32). The van der Waals surface area contributed by atoms with Crippen molar-refractivity contribution in [3.63, 3.8) is 0 Å². The van der Waals surface area contributed by atoms with Crippen molar-refractivity contribution >= 4 is 27.5 Å². The zero-order chi connectivity index (χ0) is 24.1. The van der Waals surface area contributed by atoms with Crippen LogP contribution < -0.4 is 14.8 Å². The predicted octanol–water partition coefficient (Wildman–Crippen LogP) is 6.15. The van der Waals surface area contributed by atoms with Crippen LogP contribution in [0, 0.1) is 13.8 Å². The number of carbonyl (C=O) groups is 1. The van der Waals surface area contributed by atoms with Gasteiger partial charge >= 0.3 is 0 Å². The van der Waals surface area contributed by atoms with E-state index in [-0.39, 0.29) is 5.91 Å². The summed E-state index contributed by atoms with van der Waals surface area (Å²) in [4.78, 5) is 13.0. The summed E-state index contributed by atoms with van der Waals surface area (Å²) in [6, 6.07) is 23.0. The van der Waals surface area contributed by atoms with E-state index in [9.17, 15) is 4.79 Å². The maximum atomic E-state index is 13.0. The molecule has 7 heteroatoms. The summed E-state index contributed by atoms with van der Waals surface area (Å²) >= 11 is 3.44. The van der Waals surface area contributed by atoms with E-state index >= 15 is 0 Å². The van der Waals surface area contributed by atoms with Crippen LogP contribution in [0.4, 0.5) is 5.69 Å². The monoisotopic (exact) mass is 519 g/mol. The molecule has 4 aromatic rings. The van der Waals surface area contributed by atoms with Crippen molar-refractivity contribution < 1.29 is 14.3 Å². The molecule has 174 valence electrons. The Bertz CT molecular complexity index is 1320. The van der Waals surface area contributed by atoms with E-state index in [2.05, 4.69) is 26.3 Å². The summed E-state index contributed by atoms with van der Waals surface area (Å²) in [5, 5.41) is 7.67. The second kappa shape index (κ2) is 10.6. The summed E-state index contributed by atoms with van der Waals surface area (Å²) < 4.78 is 14.0. The maximum absolute atomic E-state index is 13.0. The molecule has 0 fully saturated rings. The lowest BCUT2D eigenvalue weighted by Crippen LogP contribution is -2.14. The number of hydrogen-bond donors (Lipinski definition) is 1. The first kappa shape index (κ1) is 23.6. The van der Waals surface area contributed by atoms with Crippen LogP contribution in [0.15, 0.2) is 77.3 Å². The van der Waals surface area contributed by atoms with E-state index in [0.717, 1.165) is 44.2 Å². The van der Waals surface area contributed by atoms with E-state index in [4.69, 9.17) is 9.47 Å². The van der Waals surface area contributed by atoms with Gasteiger partial charge in [-0.05, 0) is 67.4 Å². The second-order valence-corrected chi connectivity index (χ2v) is 8.87. The smallest absolute Gasteiger partial charge is 0.255 e. The van der Waals surface area contributed by atoms with Gasteiger partial charge in [0.15, 0.2) is 0 Å². The number of rotatable bonds is 8. The van der Waals surface area contributed by atoms with Gasteiger partial charge in [-0.3, -0.25) is 9.48 Å². The molecule has 1 amide bonds. The number of halogens is 1. The number of aryl methyl sites for hydroxylation is 1. The molecule has 4 rings (SSSR count). The van der Waals surface area contributed by atoms with Gasteiger partial charge in [-0.2, -0.15) is 5.10 Å². The number of nitrogens with zero attached hydrogens (tertiary/aromatic N) is 2. The Labute approximate surface area is 207 Å². The van der Waals surface area contributed by atoms with E-state index in [1.54, 1.807) is 13.2 Å². The molecule has 0 aliphatic carbocycles. The van der Waals surface area contributed by atoms with Crippen molar-refractivity contribution in [2.45, 2.75) is 27.0 Å². The molecular weight excluding hydrogens is 494 g/mol. The van der Waals surface area contributed by atoms with Crippen molar-refractivity contribution in [1.29, 1.82) is 0 Å². The van der Waals surface area contributed by atoms with Gasteiger partial charge in [-0.15, -0.1) is 0 Å². The van der Waals surface area contributed by atoms with Crippen molar-refractivity contribution in [2.24, 2.45) is 0 Å². The highest BCUT2D eigenvalue weighted by molar-refractivity contribution is 9.10. The van der Waals surface area contributed by atoms with Gasteiger partial charge in [0.2, 0.25) is 0 Å². The number of aromatic nitrogens is 2. The number of carbonyl (C=O) groups excluding carboxylic acids is 1. The van der Waals surface area contributed by atoms with Gasteiger partial charge in [0.25, 0.3) is 5.91 Å². The molecule has 3 aromatic carbocycles. The van der Waals surface area contributed by atoms with Crippen LogP contribution in [0.25, 0.3) is 0 Å². The average Bonchev–Trinajstić information content (AvgIpc) is 3.10. The van der Waals surface area contributed by atoms with Gasteiger partial charge in [0.05, 0.1) is 30.7 Å². The minimum absolute atomic E-state index is 0.184.